The van der Waals surface area contributed by atoms with Gasteiger partial charge in [-0.25, -0.2) is 4.79 Å². The average Bonchev–Trinajstić information content (AvgIpc) is 2.68. The van der Waals surface area contributed by atoms with Crippen molar-refractivity contribution in [3.63, 3.8) is 0 Å². The van der Waals surface area contributed by atoms with Crippen LogP contribution in [0.25, 0.3) is 0 Å². The van der Waals surface area contributed by atoms with Crippen molar-refractivity contribution in [1.82, 2.24) is 5.32 Å². The van der Waals surface area contributed by atoms with Crippen molar-refractivity contribution in [1.29, 1.82) is 0 Å². The van der Waals surface area contributed by atoms with Crippen LogP contribution >= 0.6 is 0 Å². The van der Waals surface area contributed by atoms with Gasteiger partial charge in [0.05, 0.1) is 18.9 Å². The zero-order valence-electron chi connectivity index (χ0n) is 9.35. The first-order valence-corrected chi connectivity index (χ1v) is 5.41. The topological polar surface area (TPSA) is 119 Å². The van der Waals surface area contributed by atoms with E-state index in [1.807, 2.05) is 0 Å². The highest BCUT2D eigenvalue weighted by molar-refractivity contribution is 5.88. The summed E-state index contributed by atoms with van der Waals surface area (Å²) in [5.74, 6) is -2.48. The summed E-state index contributed by atoms with van der Waals surface area (Å²) in [5.41, 5.74) is 4.89. The Hall–Kier alpha value is -1.63. The monoisotopic (exact) mass is 244 g/mol. The van der Waals surface area contributed by atoms with Crippen LogP contribution in [0.15, 0.2) is 0 Å². The molecule has 1 heterocycles. The van der Waals surface area contributed by atoms with Crippen molar-refractivity contribution in [3.8, 4) is 0 Å². The third-order valence-corrected chi connectivity index (χ3v) is 2.48. The van der Waals surface area contributed by atoms with Gasteiger partial charge in [-0.15, -0.1) is 0 Å². The molecule has 1 rings (SSSR count). The first kappa shape index (κ1) is 13.4. The second kappa shape index (κ2) is 6.19. The molecule has 0 saturated carbocycles. The fourth-order valence-corrected chi connectivity index (χ4v) is 1.67. The Morgan fingerprint density at radius 1 is 1.47 bits per heavy atom. The standard InChI is InChI=1S/C10H16N2O5/c11-8(13)5-7(10(15)16)12-9(14)4-6-2-1-3-17-6/h6-7H,1-5H2,(H2,11,13)(H,12,14)(H,15,16)/t6?,7-/m1/s1. The number of hydrogen-bond donors (Lipinski definition) is 3. The highest BCUT2D eigenvalue weighted by Crippen LogP contribution is 2.15. The van der Waals surface area contributed by atoms with E-state index < -0.39 is 30.2 Å². The summed E-state index contributed by atoms with van der Waals surface area (Å²) in [7, 11) is 0. The minimum Gasteiger partial charge on any atom is -0.480 e. The molecule has 1 unspecified atom stereocenters. The number of carboxylic acid groups (broad SMARTS) is 1. The van der Waals surface area contributed by atoms with E-state index in [0.29, 0.717) is 6.61 Å². The molecule has 0 aromatic carbocycles. The molecule has 96 valence electrons. The summed E-state index contributed by atoms with van der Waals surface area (Å²) in [6.45, 7) is 0.627. The Morgan fingerprint density at radius 2 is 2.18 bits per heavy atom. The van der Waals surface area contributed by atoms with E-state index in [4.69, 9.17) is 15.6 Å². The van der Waals surface area contributed by atoms with Crippen molar-refractivity contribution in [3.05, 3.63) is 0 Å². The SMILES string of the molecule is NC(=O)C[C@@H](NC(=O)CC1CCCO1)C(=O)O. The van der Waals surface area contributed by atoms with Crippen LogP contribution in [0, 0.1) is 0 Å². The minimum atomic E-state index is -1.27. The van der Waals surface area contributed by atoms with E-state index in [0.717, 1.165) is 12.8 Å². The maximum Gasteiger partial charge on any atom is 0.326 e. The van der Waals surface area contributed by atoms with Crippen LogP contribution in [0.4, 0.5) is 0 Å². The Bertz CT molecular complexity index is 312. The number of hydrogen-bond acceptors (Lipinski definition) is 4. The molecule has 0 aromatic rings. The lowest BCUT2D eigenvalue weighted by atomic mass is 10.1. The molecule has 1 saturated heterocycles. The number of amides is 2. The normalized spacial score (nSPS) is 20.8. The summed E-state index contributed by atoms with van der Waals surface area (Å²) >= 11 is 0. The number of nitrogens with one attached hydrogen (secondary N) is 1. The van der Waals surface area contributed by atoms with E-state index in [1.165, 1.54) is 0 Å². The molecule has 2 atom stereocenters. The largest absolute Gasteiger partial charge is 0.480 e. The summed E-state index contributed by atoms with van der Waals surface area (Å²) in [5, 5.41) is 11.0. The van der Waals surface area contributed by atoms with Crippen molar-refractivity contribution < 1.29 is 24.2 Å². The minimum absolute atomic E-state index is 0.114. The van der Waals surface area contributed by atoms with Gasteiger partial charge in [-0.3, -0.25) is 9.59 Å². The van der Waals surface area contributed by atoms with Gasteiger partial charge in [0.2, 0.25) is 11.8 Å². The molecular weight excluding hydrogens is 228 g/mol. The molecule has 7 heteroatoms. The number of nitrogens with two attached hydrogens (primary N) is 1. The van der Waals surface area contributed by atoms with Crippen LogP contribution in [0.3, 0.4) is 0 Å². The second-order valence-electron chi connectivity index (χ2n) is 3.97. The number of carbonyl (C=O) groups excluding carboxylic acids is 2. The lowest BCUT2D eigenvalue weighted by molar-refractivity contribution is -0.143. The maximum atomic E-state index is 11.5. The Morgan fingerprint density at radius 3 is 2.65 bits per heavy atom. The average molecular weight is 244 g/mol. The van der Waals surface area contributed by atoms with Gasteiger partial charge in [-0.05, 0) is 12.8 Å². The third kappa shape index (κ3) is 4.81. The van der Waals surface area contributed by atoms with Gasteiger partial charge in [0.25, 0.3) is 0 Å². The van der Waals surface area contributed by atoms with Crippen molar-refractivity contribution in [2.24, 2.45) is 5.73 Å². The smallest absolute Gasteiger partial charge is 0.326 e. The molecule has 17 heavy (non-hydrogen) atoms. The number of rotatable bonds is 6. The van der Waals surface area contributed by atoms with Crippen LogP contribution < -0.4 is 11.1 Å². The molecule has 0 bridgehead atoms. The number of carboxylic acids is 1. The molecule has 1 fully saturated rings. The van der Waals surface area contributed by atoms with E-state index in [1.54, 1.807) is 0 Å². The predicted molar refractivity (Wildman–Crippen MR) is 57.0 cm³/mol. The van der Waals surface area contributed by atoms with Crippen molar-refractivity contribution in [2.45, 2.75) is 37.8 Å². The van der Waals surface area contributed by atoms with Crippen LogP contribution in [0.5, 0.6) is 0 Å². The Labute approximate surface area is 98.3 Å². The summed E-state index contributed by atoms with van der Waals surface area (Å²) < 4.78 is 5.25. The summed E-state index contributed by atoms with van der Waals surface area (Å²) in [6, 6.07) is -1.26. The number of primary amides is 1. The van der Waals surface area contributed by atoms with Crippen LogP contribution in [-0.2, 0) is 19.1 Å². The number of aliphatic carboxylic acids is 1. The molecule has 0 radical (unpaired) electrons. The van der Waals surface area contributed by atoms with Gasteiger partial charge in [-0.2, -0.15) is 0 Å². The van der Waals surface area contributed by atoms with E-state index >= 15 is 0 Å². The van der Waals surface area contributed by atoms with Gasteiger partial charge < -0.3 is 20.9 Å². The number of ether oxygens (including phenoxy) is 1. The molecule has 0 spiro atoms. The first-order valence-electron chi connectivity index (χ1n) is 5.41. The first-order chi connectivity index (χ1) is 7.99. The van der Waals surface area contributed by atoms with Crippen LogP contribution in [-0.4, -0.2) is 41.6 Å². The third-order valence-electron chi connectivity index (χ3n) is 2.48. The maximum absolute atomic E-state index is 11.5. The van der Waals surface area contributed by atoms with Gasteiger partial charge in [-0.1, -0.05) is 0 Å². The molecule has 1 aliphatic rings. The highest BCUT2D eigenvalue weighted by atomic mass is 16.5. The Kier molecular flexibility index (Phi) is 4.89. The zero-order valence-corrected chi connectivity index (χ0v) is 9.35. The van der Waals surface area contributed by atoms with Crippen molar-refractivity contribution in [2.75, 3.05) is 6.61 Å². The van der Waals surface area contributed by atoms with E-state index in [2.05, 4.69) is 5.32 Å². The molecule has 0 aromatic heterocycles. The zero-order chi connectivity index (χ0) is 12.8. The summed E-state index contributed by atoms with van der Waals surface area (Å²) in [4.78, 5) is 32.9. The fraction of sp³-hybridized carbons (Fsp3) is 0.700. The van der Waals surface area contributed by atoms with E-state index in [-0.39, 0.29) is 12.5 Å². The lowest BCUT2D eigenvalue weighted by Gasteiger charge is -2.14. The van der Waals surface area contributed by atoms with Gasteiger partial charge in [0, 0.05) is 6.61 Å². The molecule has 1 aliphatic heterocycles. The molecular formula is C10H16N2O5. The molecule has 7 nitrogen and oxygen atoms in total. The summed E-state index contributed by atoms with van der Waals surface area (Å²) in [6.07, 6.45) is 1.25. The predicted octanol–water partition coefficient (Wildman–Crippen LogP) is -1.000. The van der Waals surface area contributed by atoms with Crippen molar-refractivity contribution >= 4 is 17.8 Å². The lowest BCUT2D eigenvalue weighted by Crippen LogP contribution is -2.44. The second-order valence-corrected chi connectivity index (χ2v) is 3.97. The fourth-order valence-electron chi connectivity index (χ4n) is 1.67. The van der Waals surface area contributed by atoms with E-state index in [9.17, 15) is 14.4 Å². The molecule has 2 amide bonds. The quantitative estimate of drug-likeness (QED) is 0.553. The van der Waals surface area contributed by atoms with Gasteiger partial charge in [0.1, 0.15) is 6.04 Å². The van der Waals surface area contributed by atoms with Gasteiger partial charge >= 0.3 is 5.97 Å². The number of carbonyl (C=O) groups is 3. The highest BCUT2D eigenvalue weighted by Gasteiger charge is 2.25. The molecule has 4 N–H and O–H groups in total. The molecule has 0 aliphatic carbocycles. The van der Waals surface area contributed by atoms with Crippen LogP contribution in [0.1, 0.15) is 25.7 Å². The van der Waals surface area contributed by atoms with Crippen LogP contribution in [0.2, 0.25) is 0 Å². The van der Waals surface area contributed by atoms with Gasteiger partial charge in [0.15, 0.2) is 0 Å². The Balaban J connectivity index is 2.40.